The molecule has 0 spiro atoms. The highest BCUT2D eigenvalue weighted by Crippen LogP contribution is 2.11. The number of benzene rings is 1. The number of methoxy groups -OCH3 is 1. The summed E-state index contributed by atoms with van der Waals surface area (Å²) in [4.78, 5) is 45.4. The lowest BCUT2D eigenvalue weighted by atomic mass is 10.2. The van der Waals surface area contributed by atoms with Crippen LogP contribution < -0.4 is 0 Å². The van der Waals surface area contributed by atoms with Crippen molar-refractivity contribution < 1.29 is 14.3 Å². The summed E-state index contributed by atoms with van der Waals surface area (Å²) in [7, 11) is 1.29. The van der Waals surface area contributed by atoms with Gasteiger partial charge in [0.1, 0.15) is 0 Å². The van der Waals surface area contributed by atoms with Crippen LogP contribution in [0.5, 0.6) is 0 Å². The maximum Gasteiger partial charge on any atom is 0.273 e. The first kappa shape index (κ1) is 17.4. The Kier molecular flexibility index (Phi) is 6.77. The first-order valence-corrected chi connectivity index (χ1v) is 6.35. The van der Waals surface area contributed by atoms with Crippen molar-refractivity contribution in [1.29, 1.82) is 0 Å². The summed E-state index contributed by atoms with van der Waals surface area (Å²) in [6.45, 7) is 0.701. The van der Waals surface area contributed by atoms with E-state index in [1.807, 2.05) is 0 Å². The number of nitroso groups, excluding NO2 is 2. The van der Waals surface area contributed by atoms with Gasteiger partial charge in [-0.3, -0.25) is 9.59 Å². The zero-order valence-corrected chi connectivity index (χ0v) is 12.2. The second-order valence-electron chi connectivity index (χ2n) is 4.38. The Morgan fingerprint density at radius 1 is 1.18 bits per heavy atom. The van der Waals surface area contributed by atoms with Crippen LogP contribution in [0.4, 0.5) is 0 Å². The molecule has 1 atom stereocenters. The minimum Gasteiger partial charge on any atom is -0.382 e. The molecule has 2 amide bonds. The minimum atomic E-state index is -1.35. The fraction of sp³-hybridized carbons (Fsp3) is 0.385. The van der Waals surface area contributed by atoms with Crippen LogP contribution >= 0.6 is 0 Å². The summed E-state index contributed by atoms with van der Waals surface area (Å²) in [5.41, 5.74) is 0.667. The van der Waals surface area contributed by atoms with Gasteiger partial charge in [0.25, 0.3) is 5.91 Å². The molecule has 0 N–H and O–H groups in total. The SMILES string of the molecule is COC[C@H](C(=O)N(Cc1ccccc1)N=O)N(N=O)C(C)=O. The molecule has 118 valence electrons. The van der Waals surface area contributed by atoms with Crippen molar-refractivity contribution in [3.8, 4) is 0 Å². The van der Waals surface area contributed by atoms with Crippen LogP contribution in [0, 0.1) is 9.81 Å². The van der Waals surface area contributed by atoms with Crippen molar-refractivity contribution in [2.75, 3.05) is 13.7 Å². The predicted molar refractivity (Wildman–Crippen MR) is 76.8 cm³/mol. The fourth-order valence-corrected chi connectivity index (χ4v) is 1.81. The van der Waals surface area contributed by atoms with Crippen molar-refractivity contribution in [1.82, 2.24) is 10.0 Å². The van der Waals surface area contributed by atoms with Gasteiger partial charge in [-0.25, -0.2) is 0 Å². The smallest absolute Gasteiger partial charge is 0.273 e. The Labute approximate surface area is 126 Å². The van der Waals surface area contributed by atoms with Gasteiger partial charge < -0.3 is 4.74 Å². The number of carbonyl (C=O) groups excluding carboxylic acids is 2. The van der Waals surface area contributed by atoms with Crippen LogP contribution in [0.3, 0.4) is 0 Å². The summed E-state index contributed by atoms with van der Waals surface area (Å²) < 4.78 is 4.82. The minimum absolute atomic E-state index is 0.0893. The molecule has 0 saturated carbocycles. The van der Waals surface area contributed by atoms with Crippen molar-refractivity contribution in [2.24, 2.45) is 10.6 Å². The zero-order chi connectivity index (χ0) is 16.5. The maximum absolute atomic E-state index is 12.3. The summed E-state index contributed by atoms with van der Waals surface area (Å²) in [5.74, 6) is -1.59. The topological polar surface area (TPSA) is 109 Å². The van der Waals surface area contributed by atoms with E-state index in [9.17, 15) is 19.4 Å². The van der Waals surface area contributed by atoms with E-state index in [1.165, 1.54) is 7.11 Å². The van der Waals surface area contributed by atoms with Crippen LogP contribution in [-0.4, -0.2) is 41.6 Å². The molecule has 0 aliphatic carbocycles. The van der Waals surface area contributed by atoms with Crippen molar-refractivity contribution in [3.63, 3.8) is 0 Å². The fourth-order valence-electron chi connectivity index (χ4n) is 1.81. The Morgan fingerprint density at radius 2 is 1.82 bits per heavy atom. The van der Waals surface area contributed by atoms with E-state index in [-0.39, 0.29) is 13.2 Å². The molecule has 0 unspecified atom stereocenters. The molecule has 0 saturated heterocycles. The van der Waals surface area contributed by atoms with E-state index in [1.54, 1.807) is 30.3 Å². The molecule has 0 radical (unpaired) electrons. The van der Waals surface area contributed by atoms with Crippen molar-refractivity contribution in [3.05, 3.63) is 45.7 Å². The number of nitrogens with zero attached hydrogens (tertiary/aromatic N) is 4. The maximum atomic E-state index is 12.3. The second-order valence-corrected chi connectivity index (χ2v) is 4.38. The number of ether oxygens (including phenoxy) is 1. The first-order valence-electron chi connectivity index (χ1n) is 6.35. The highest BCUT2D eigenvalue weighted by atomic mass is 16.5. The Hall–Kier alpha value is -2.68. The third-order valence-electron chi connectivity index (χ3n) is 2.84. The molecular weight excluding hydrogens is 292 g/mol. The quantitative estimate of drug-likeness (QED) is 0.530. The second kappa shape index (κ2) is 8.57. The summed E-state index contributed by atoms with van der Waals surface area (Å²) in [5, 5.41) is 6.22. The van der Waals surface area contributed by atoms with Crippen molar-refractivity contribution in [2.45, 2.75) is 19.5 Å². The molecule has 0 aliphatic heterocycles. The lowest BCUT2D eigenvalue weighted by Crippen LogP contribution is -2.48. The molecule has 0 bridgehead atoms. The number of rotatable bonds is 8. The standard InChI is InChI=1S/C13H16N4O5/c1-10(18)17(15-21)12(9-22-2)13(19)16(14-20)8-11-6-4-3-5-7-11/h3-7,12H,8-9H2,1-2H3/t12-/m1/s1. The lowest BCUT2D eigenvalue weighted by Gasteiger charge is -2.24. The number of hydrogen-bond acceptors (Lipinski definition) is 7. The molecule has 0 aromatic heterocycles. The molecule has 0 heterocycles. The summed E-state index contributed by atoms with van der Waals surface area (Å²) >= 11 is 0. The van der Waals surface area contributed by atoms with Gasteiger partial charge in [0.05, 0.1) is 23.7 Å². The molecular formula is C13H16N4O5. The highest BCUT2D eigenvalue weighted by molar-refractivity contribution is 5.86. The van der Waals surface area contributed by atoms with Gasteiger partial charge in [-0.05, 0) is 5.56 Å². The van der Waals surface area contributed by atoms with E-state index in [0.717, 1.165) is 6.92 Å². The van der Waals surface area contributed by atoms with E-state index >= 15 is 0 Å². The van der Waals surface area contributed by atoms with Crippen LogP contribution in [0.25, 0.3) is 0 Å². The lowest BCUT2D eigenvalue weighted by molar-refractivity contribution is -0.147. The number of amides is 2. The van der Waals surface area contributed by atoms with Crippen LogP contribution in [0.15, 0.2) is 40.9 Å². The molecule has 1 rings (SSSR count). The molecule has 0 aliphatic rings. The summed E-state index contributed by atoms with van der Waals surface area (Å²) in [6, 6.07) is 7.33. The third-order valence-corrected chi connectivity index (χ3v) is 2.84. The monoisotopic (exact) mass is 308 g/mol. The van der Waals surface area contributed by atoms with Gasteiger partial charge in [-0.2, -0.15) is 10.0 Å². The van der Waals surface area contributed by atoms with E-state index < -0.39 is 17.9 Å². The van der Waals surface area contributed by atoms with Gasteiger partial charge in [0.15, 0.2) is 6.04 Å². The van der Waals surface area contributed by atoms with Crippen molar-refractivity contribution >= 4 is 11.8 Å². The Morgan fingerprint density at radius 3 is 2.27 bits per heavy atom. The highest BCUT2D eigenvalue weighted by Gasteiger charge is 2.33. The zero-order valence-electron chi connectivity index (χ0n) is 12.2. The molecule has 9 heteroatoms. The third kappa shape index (κ3) is 4.42. The predicted octanol–water partition coefficient (Wildman–Crippen LogP) is 1.24. The van der Waals surface area contributed by atoms with Gasteiger partial charge in [-0.15, -0.1) is 9.81 Å². The largest absolute Gasteiger partial charge is 0.382 e. The van der Waals surface area contributed by atoms with E-state index in [0.29, 0.717) is 15.6 Å². The van der Waals surface area contributed by atoms with Crippen LogP contribution in [0.2, 0.25) is 0 Å². The average molecular weight is 308 g/mol. The molecule has 0 fully saturated rings. The molecule has 22 heavy (non-hydrogen) atoms. The van der Waals surface area contributed by atoms with Gasteiger partial charge in [0.2, 0.25) is 5.91 Å². The molecule has 1 aromatic carbocycles. The average Bonchev–Trinajstić information content (AvgIpc) is 2.52. The Bertz CT molecular complexity index is 536. The number of carbonyl (C=O) groups is 2. The summed E-state index contributed by atoms with van der Waals surface area (Å²) in [6.07, 6.45) is 0. The van der Waals surface area contributed by atoms with E-state index in [4.69, 9.17) is 4.74 Å². The first-order chi connectivity index (χ1) is 10.5. The van der Waals surface area contributed by atoms with Crippen LogP contribution in [-0.2, 0) is 20.9 Å². The van der Waals surface area contributed by atoms with Gasteiger partial charge in [0, 0.05) is 14.0 Å². The normalized spacial score (nSPS) is 11.4. The van der Waals surface area contributed by atoms with Gasteiger partial charge in [-0.1, -0.05) is 30.3 Å². The Balaban J connectivity index is 2.96. The van der Waals surface area contributed by atoms with Gasteiger partial charge >= 0.3 is 0 Å². The van der Waals surface area contributed by atoms with Crippen LogP contribution in [0.1, 0.15) is 12.5 Å². The molecule has 1 aromatic rings. The van der Waals surface area contributed by atoms with E-state index in [2.05, 4.69) is 10.6 Å². The molecule has 9 nitrogen and oxygen atoms in total. The number of hydrogen-bond donors (Lipinski definition) is 0.